The molecule has 2 aromatic rings. The highest BCUT2D eigenvalue weighted by Crippen LogP contribution is 2.19. The number of Topliss-reactive ketones (excluding diaryl/α,β-unsaturated/α-hetero) is 1. The summed E-state index contributed by atoms with van der Waals surface area (Å²) in [5.74, 6) is -0.883. The number of aryl methyl sites for hydroxylation is 2. The van der Waals surface area contributed by atoms with Gasteiger partial charge in [0.1, 0.15) is 5.75 Å². The van der Waals surface area contributed by atoms with Gasteiger partial charge in [-0.25, -0.2) is 8.42 Å². The third-order valence-corrected chi connectivity index (χ3v) is 4.85. The molecule has 0 spiro atoms. The third-order valence-electron chi connectivity index (χ3n) is 3.08. The van der Waals surface area contributed by atoms with E-state index >= 15 is 0 Å². The number of hydrogen-bond donors (Lipinski definition) is 0. The Kier molecular flexibility index (Phi) is 4.04. The summed E-state index contributed by atoms with van der Waals surface area (Å²) in [5, 5.41) is 0. The molecule has 2 aromatic carbocycles. The fourth-order valence-electron chi connectivity index (χ4n) is 2.11. The summed E-state index contributed by atoms with van der Waals surface area (Å²) in [5.41, 5.74) is 2.09. The highest BCUT2D eigenvalue weighted by Gasteiger charge is 2.21. The third kappa shape index (κ3) is 3.14. The molecule has 4 heteroatoms. The summed E-state index contributed by atoms with van der Waals surface area (Å²) >= 11 is 0. The first-order chi connectivity index (χ1) is 9.40. The van der Waals surface area contributed by atoms with Gasteiger partial charge in [0, 0.05) is 5.56 Å². The molecule has 0 heterocycles. The van der Waals surface area contributed by atoms with Crippen molar-refractivity contribution in [2.24, 2.45) is 0 Å². The van der Waals surface area contributed by atoms with E-state index in [1.165, 1.54) is 0 Å². The highest BCUT2D eigenvalue weighted by atomic mass is 32.2. The van der Waals surface area contributed by atoms with Gasteiger partial charge in [-0.3, -0.25) is 4.79 Å². The number of sulfone groups is 1. The zero-order valence-electron chi connectivity index (χ0n) is 11.5. The largest absolute Gasteiger partial charge is 0.293 e. The van der Waals surface area contributed by atoms with E-state index in [9.17, 15) is 13.2 Å². The van der Waals surface area contributed by atoms with Crippen LogP contribution in [-0.4, -0.2) is 20.0 Å². The molecule has 0 saturated heterocycles. The second-order valence-corrected chi connectivity index (χ2v) is 6.78. The van der Waals surface area contributed by atoms with Gasteiger partial charge in [0.15, 0.2) is 15.6 Å². The van der Waals surface area contributed by atoms with Crippen molar-refractivity contribution in [2.75, 3.05) is 5.75 Å². The van der Waals surface area contributed by atoms with Crippen molar-refractivity contribution in [3.8, 4) is 0 Å². The number of rotatable bonds is 4. The second kappa shape index (κ2) is 5.59. The van der Waals surface area contributed by atoms with Crippen LogP contribution in [0, 0.1) is 13.8 Å². The zero-order valence-corrected chi connectivity index (χ0v) is 12.3. The van der Waals surface area contributed by atoms with Crippen molar-refractivity contribution in [2.45, 2.75) is 18.7 Å². The van der Waals surface area contributed by atoms with E-state index in [-0.39, 0.29) is 10.7 Å². The summed E-state index contributed by atoms with van der Waals surface area (Å²) in [7, 11) is -3.60. The van der Waals surface area contributed by atoms with Gasteiger partial charge in [-0.1, -0.05) is 48.0 Å². The number of hydrogen-bond acceptors (Lipinski definition) is 3. The fourth-order valence-corrected chi connectivity index (χ4v) is 3.60. The van der Waals surface area contributed by atoms with Crippen LogP contribution in [0.5, 0.6) is 0 Å². The van der Waals surface area contributed by atoms with Crippen LogP contribution in [0.4, 0.5) is 0 Å². The molecule has 0 saturated carbocycles. The lowest BCUT2D eigenvalue weighted by Crippen LogP contribution is -2.17. The van der Waals surface area contributed by atoms with Gasteiger partial charge in [0.25, 0.3) is 0 Å². The van der Waals surface area contributed by atoms with Crippen LogP contribution in [0.2, 0.25) is 0 Å². The summed E-state index contributed by atoms with van der Waals surface area (Å²) in [6, 6.07) is 13.6. The SMILES string of the molecule is Cc1ccc(S(=O)(=O)CC(=O)c2ccccc2)c(C)c1. The van der Waals surface area contributed by atoms with Crippen molar-refractivity contribution in [1.82, 2.24) is 0 Å². The highest BCUT2D eigenvalue weighted by molar-refractivity contribution is 7.92. The Bertz CT molecular complexity index is 732. The van der Waals surface area contributed by atoms with Crippen molar-refractivity contribution in [3.63, 3.8) is 0 Å². The molecule has 20 heavy (non-hydrogen) atoms. The van der Waals surface area contributed by atoms with Gasteiger partial charge in [-0.2, -0.15) is 0 Å². The summed E-state index contributed by atoms with van der Waals surface area (Å²) in [6.45, 7) is 3.64. The van der Waals surface area contributed by atoms with E-state index < -0.39 is 15.6 Å². The number of ketones is 1. The van der Waals surface area contributed by atoms with Crippen molar-refractivity contribution in [3.05, 3.63) is 65.2 Å². The zero-order chi connectivity index (χ0) is 14.8. The Morgan fingerprint density at radius 1 is 1.00 bits per heavy atom. The van der Waals surface area contributed by atoms with Crippen LogP contribution in [0.3, 0.4) is 0 Å². The molecular formula is C16H16O3S. The molecule has 104 valence electrons. The van der Waals surface area contributed by atoms with E-state index in [1.54, 1.807) is 55.5 Å². The average molecular weight is 288 g/mol. The lowest BCUT2D eigenvalue weighted by atomic mass is 10.1. The molecule has 0 bridgehead atoms. The Balaban J connectivity index is 2.30. The van der Waals surface area contributed by atoms with E-state index in [2.05, 4.69) is 0 Å². The molecule has 2 rings (SSSR count). The van der Waals surface area contributed by atoms with E-state index in [1.807, 2.05) is 6.92 Å². The summed E-state index contributed by atoms with van der Waals surface area (Å²) < 4.78 is 24.7. The average Bonchev–Trinajstić information content (AvgIpc) is 2.38. The lowest BCUT2D eigenvalue weighted by Gasteiger charge is -2.08. The van der Waals surface area contributed by atoms with Crippen LogP contribution < -0.4 is 0 Å². The molecule has 0 N–H and O–H groups in total. The van der Waals surface area contributed by atoms with Crippen molar-refractivity contribution < 1.29 is 13.2 Å². The lowest BCUT2D eigenvalue weighted by molar-refractivity contribution is 0.102. The molecule has 0 aliphatic carbocycles. The van der Waals surface area contributed by atoms with E-state index in [0.29, 0.717) is 11.1 Å². The maximum absolute atomic E-state index is 12.3. The maximum Gasteiger partial charge on any atom is 0.186 e. The molecule has 0 amide bonds. The number of carbonyl (C=O) groups excluding carboxylic acids is 1. The Morgan fingerprint density at radius 2 is 1.65 bits per heavy atom. The minimum absolute atomic E-state index is 0.229. The standard InChI is InChI=1S/C16H16O3S/c1-12-8-9-16(13(2)10-12)20(18,19)11-15(17)14-6-4-3-5-7-14/h3-10H,11H2,1-2H3. The van der Waals surface area contributed by atoms with Gasteiger partial charge >= 0.3 is 0 Å². The maximum atomic E-state index is 12.3. The minimum atomic E-state index is -3.60. The van der Waals surface area contributed by atoms with Crippen LogP contribution in [0.15, 0.2) is 53.4 Å². The molecule has 0 radical (unpaired) electrons. The van der Waals surface area contributed by atoms with E-state index in [4.69, 9.17) is 0 Å². The smallest absolute Gasteiger partial charge is 0.186 e. The van der Waals surface area contributed by atoms with Gasteiger partial charge < -0.3 is 0 Å². The topological polar surface area (TPSA) is 51.2 Å². The van der Waals surface area contributed by atoms with Crippen LogP contribution in [-0.2, 0) is 9.84 Å². The molecular weight excluding hydrogens is 272 g/mol. The monoisotopic (exact) mass is 288 g/mol. The minimum Gasteiger partial charge on any atom is -0.293 e. The molecule has 0 fully saturated rings. The summed E-state index contributed by atoms with van der Waals surface area (Å²) in [6.07, 6.45) is 0. The van der Waals surface area contributed by atoms with Crippen LogP contribution in [0.25, 0.3) is 0 Å². The van der Waals surface area contributed by atoms with Gasteiger partial charge in [-0.15, -0.1) is 0 Å². The molecule has 0 aliphatic heterocycles. The Hall–Kier alpha value is -1.94. The predicted molar refractivity (Wildman–Crippen MR) is 78.7 cm³/mol. The van der Waals surface area contributed by atoms with E-state index in [0.717, 1.165) is 5.56 Å². The first-order valence-corrected chi connectivity index (χ1v) is 7.93. The van der Waals surface area contributed by atoms with Crippen molar-refractivity contribution >= 4 is 15.6 Å². The summed E-state index contributed by atoms with van der Waals surface area (Å²) in [4.78, 5) is 12.3. The Labute approximate surface area is 119 Å². The van der Waals surface area contributed by atoms with Gasteiger partial charge in [0.2, 0.25) is 0 Å². The first-order valence-electron chi connectivity index (χ1n) is 6.28. The molecule has 0 aliphatic rings. The van der Waals surface area contributed by atoms with Gasteiger partial charge in [0.05, 0.1) is 4.90 Å². The predicted octanol–water partition coefficient (Wildman–Crippen LogP) is 2.96. The molecule has 0 unspecified atom stereocenters. The molecule has 0 atom stereocenters. The molecule has 3 nitrogen and oxygen atoms in total. The second-order valence-electron chi connectivity index (χ2n) is 4.82. The van der Waals surface area contributed by atoms with Gasteiger partial charge in [-0.05, 0) is 25.5 Å². The fraction of sp³-hybridized carbons (Fsp3) is 0.188. The normalized spacial score (nSPS) is 11.3. The quantitative estimate of drug-likeness (QED) is 0.813. The van der Waals surface area contributed by atoms with Crippen molar-refractivity contribution in [1.29, 1.82) is 0 Å². The number of benzene rings is 2. The number of carbonyl (C=O) groups is 1. The van der Waals surface area contributed by atoms with Crippen LogP contribution in [0.1, 0.15) is 21.5 Å². The Morgan fingerprint density at radius 3 is 2.25 bits per heavy atom. The van der Waals surface area contributed by atoms with Crippen LogP contribution >= 0.6 is 0 Å². The molecule has 0 aromatic heterocycles. The first kappa shape index (κ1) is 14.5.